The number of nitrogens with zero attached hydrogens (tertiary/aromatic N) is 3. The van der Waals surface area contributed by atoms with Crippen LogP contribution in [0.5, 0.6) is 0 Å². The topological polar surface area (TPSA) is 56.1 Å². The molecule has 0 saturated carbocycles. The van der Waals surface area contributed by atoms with Crippen LogP contribution in [0.1, 0.15) is 0 Å². The number of hydrazone groups is 1. The number of halogens is 4. The first kappa shape index (κ1) is 11.0. The lowest BCUT2D eigenvalue weighted by molar-refractivity contribution is -0.129. The van der Waals surface area contributed by atoms with Gasteiger partial charge in [-0.15, -0.1) is 5.10 Å². The third-order valence-electron chi connectivity index (χ3n) is 1.19. The van der Waals surface area contributed by atoms with Gasteiger partial charge < -0.3 is 5.11 Å². The molecule has 0 aromatic carbocycles. The molecule has 0 radical (unpaired) electrons. The molecule has 0 unspecified atom stereocenters. The molecule has 0 spiro atoms. The van der Waals surface area contributed by atoms with Crippen LogP contribution >= 0.6 is 46.6 Å². The summed E-state index contributed by atoms with van der Waals surface area (Å²) in [7, 11) is 0. The molecule has 0 aliphatic carbocycles. The van der Waals surface area contributed by atoms with Crippen LogP contribution in [0, 0.1) is 0 Å². The van der Waals surface area contributed by atoms with E-state index in [0.29, 0.717) is 0 Å². The number of aliphatic carboxylic acids is 1. The summed E-state index contributed by atoms with van der Waals surface area (Å²) in [6, 6.07) is 0. The van der Waals surface area contributed by atoms with E-state index in [1.54, 1.807) is 0 Å². The first-order valence-electron chi connectivity index (χ1n) is 2.92. The van der Waals surface area contributed by atoms with Gasteiger partial charge in [0, 0.05) is 11.8 Å². The molecule has 1 heterocycles. The van der Waals surface area contributed by atoms with Crippen LogP contribution in [0.4, 0.5) is 0 Å². The van der Waals surface area contributed by atoms with Crippen molar-refractivity contribution in [2.45, 2.75) is 3.92 Å². The highest BCUT2D eigenvalue weighted by Gasteiger charge is 2.37. The number of alkyl halides is 3. The van der Waals surface area contributed by atoms with E-state index in [-0.39, 0.29) is 12.5 Å². The number of hydrogen-bond donors (Lipinski definition) is 1. The Labute approximate surface area is 93.5 Å². The Balaban J connectivity index is 2.84. The van der Waals surface area contributed by atoms with Gasteiger partial charge in [0.2, 0.25) is 0 Å². The van der Waals surface area contributed by atoms with Crippen molar-refractivity contribution in [3.05, 3.63) is 0 Å². The van der Waals surface area contributed by atoms with Crippen LogP contribution in [0.15, 0.2) is 5.10 Å². The summed E-state index contributed by atoms with van der Waals surface area (Å²) in [6.45, 7) is -0.0975. The van der Waals surface area contributed by atoms with Crippen molar-refractivity contribution in [3.63, 3.8) is 0 Å². The maximum atomic E-state index is 10.5. The van der Waals surface area contributed by atoms with Crippen LogP contribution in [0.2, 0.25) is 0 Å². The summed E-state index contributed by atoms with van der Waals surface area (Å²) >= 11 is 21.8. The number of rotatable bonds is 1. The van der Waals surface area contributed by atoms with E-state index in [1.807, 2.05) is 0 Å². The zero-order valence-corrected chi connectivity index (χ0v) is 8.94. The monoisotopic (exact) mass is 265 g/mol. The molecule has 0 aromatic rings. The summed E-state index contributed by atoms with van der Waals surface area (Å²) in [5, 5.41) is 13.0. The first-order valence-corrected chi connectivity index (χ1v) is 4.39. The van der Waals surface area contributed by atoms with Crippen molar-refractivity contribution in [1.82, 2.24) is 9.43 Å². The molecule has 0 atom stereocenters. The van der Waals surface area contributed by atoms with Gasteiger partial charge in [-0.3, -0.25) is 0 Å². The SMILES string of the molecule is O=C(O)C1=NN(C(Cl)(Cl)Cl)CN1Cl. The highest BCUT2D eigenvalue weighted by atomic mass is 35.6. The van der Waals surface area contributed by atoms with Gasteiger partial charge in [0.15, 0.2) is 0 Å². The molecule has 13 heavy (non-hydrogen) atoms. The fraction of sp³-hybridized carbons (Fsp3) is 0.500. The minimum Gasteiger partial charge on any atom is -0.475 e. The Hall–Kier alpha value is -0.100. The number of carbonyl (C=O) groups is 1. The standard InChI is InChI=1S/C4H3Cl4N3O2/c5-4(6,7)11-1-10(8)2(9-11)3(12)13/h1H2,(H,12,13). The van der Waals surface area contributed by atoms with Crippen LogP contribution < -0.4 is 0 Å². The Morgan fingerprint density at radius 3 is 2.31 bits per heavy atom. The Morgan fingerprint density at radius 2 is 2.08 bits per heavy atom. The molecular formula is C4H3Cl4N3O2. The van der Waals surface area contributed by atoms with Gasteiger partial charge >= 0.3 is 5.97 Å². The van der Waals surface area contributed by atoms with Gasteiger partial charge in [-0.2, -0.15) is 0 Å². The number of carboxylic acid groups (broad SMARTS) is 1. The predicted molar refractivity (Wildman–Crippen MR) is 49.8 cm³/mol. The lowest BCUT2D eigenvalue weighted by atomic mass is 10.6. The molecular weight excluding hydrogens is 264 g/mol. The van der Waals surface area contributed by atoms with Gasteiger partial charge in [0.1, 0.15) is 6.67 Å². The second kappa shape index (κ2) is 3.57. The molecule has 1 aliphatic rings. The first-order chi connectivity index (χ1) is 5.82. The van der Waals surface area contributed by atoms with Crippen molar-refractivity contribution in [3.8, 4) is 0 Å². The third kappa shape index (κ3) is 2.43. The highest BCUT2D eigenvalue weighted by Crippen LogP contribution is 2.33. The zero-order chi connectivity index (χ0) is 10.2. The van der Waals surface area contributed by atoms with Gasteiger partial charge in [0.05, 0.1) is 0 Å². The summed E-state index contributed by atoms with van der Waals surface area (Å²) in [4.78, 5) is 10.5. The largest absolute Gasteiger partial charge is 0.475 e. The Bertz CT molecular complexity index is 263. The average Bonchev–Trinajstić information content (AvgIpc) is 2.29. The maximum absolute atomic E-state index is 10.5. The van der Waals surface area contributed by atoms with Crippen molar-refractivity contribution in [2.24, 2.45) is 5.10 Å². The Morgan fingerprint density at radius 1 is 1.54 bits per heavy atom. The molecule has 1 aliphatic heterocycles. The summed E-state index contributed by atoms with van der Waals surface area (Å²) in [5.41, 5.74) is 0. The van der Waals surface area contributed by atoms with Gasteiger partial charge in [-0.05, 0) is 0 Å². The zero-order valence-electron chi connectivity index (χ0n) is 5.92. The molecule has 74 valence electrons. The third-order valence-corrected chi connectivity index (χ3v) is 2.04. The van der Waals surface area contributed by atoms with Gasteiger partial charge in [-0.1, -0.05) is 34.8 Å². The lowest BCUT2D eigenvalue weighted by Gasteiger charge is -2.21. The van der Waals surface area contributed by atoms with E-state index in [0.717, 1.165) is 9.43 Å². The van der Waals surface area contributed by atoms with Crippen molar-refractivity contribution >= 4 is 58.4 Å². The van der Waals surface area contributed by atoms with E-state index in [2.05, 4.69) is 5.10 Å². The summed E-state index contributed by atoms with van der Waals surface area (Å²) in [6.07, 6.45) is 0. The molecule has 1 N–H and O–H groups in total. The molecule has 0 fully saturated rings. The Kier molecular flexibility index (Phi) is 3.01. The van der Waals surface area contributed by atoms with Crippen molar-refractivity contribution < 1.29 is 9.90 Å². The fourth-order valence-electron chi connectivity index (χ4n) is 0.663. The fourth-order valence-corrected chi connectivity index (χ4v) is 1.14. The van der Waals surface area contributed by atoms with E-state index < -0.39 is 9.89 Å². The van der Waals surface area contributed by atoms with Crippen molar-refractivity contribution in [2.75, 3.05) is 6.67 Å². The molecule has 0 bridgehead atoms. The summed E-state index contributed by atoms with van der Waals surface area (Å²) < 4.78 is -0.964. The van der Waals surface area contributed by atoms with Crippen LogP contribution in [-0.2, 0) is 4.79 Å². The highest BCUT2D eigenvalue weighted by molar-refractivity contribution is 6.67. The maximum Gasteiger partial charge on any atom is 0.374 e. The smallest absolute Gasteiger partial charge is 0.374 e. The summed E-state index contributed by atoms with van der Waals surface area (Å²) in [5.74, 6) is -1.67. The molecule has 0 amide bonds. The average molecular weight is 267 g/mol. The van der Waals surface area contributed by atoms with Gasteiger partial charge in [0.25, 0.3) is 9.75 Å². The van der Waals surface area contributed by atoms with E-state index in [1.165, 1.54) is 0 Å². The normalized spacial score (nSPS) is 17.7. The van der Waals surface area contributed by atoms with Gasteiger partial charge in [-0.25, -0.2) is 14.2 Å². The number of amidine groups is 1. The second-order valence-electron chi connectivity index (χ2n) is 2.10. The molecule has 0 saturated heterocycles. The van der Waals surface area contributed by atoms with E-state index in [9.17, 15) is 4.79 Å². The molecule has 5 nitrogen and oxygen atoms in total. The molecule has 1 rings (SSSR count). The number of carboxylic acids is 1. The van der Waals surface area contributed by atoms with Crippen molar-refractivity contribution in [1.29, 1.82) is 0 Å². The number of hydrogen-bond acceptors (Lipinski definition) is 4. The van der Waals surface area contributed by atoms with Crippen LogP contribution in [0.25, 0.3) is 0 Å². The minimum absolute atomic E-state index is 0.0975. The second-order valence-corrected chi connectivity index (χ2v) is 4.73. The van der Waals surface area contributed by atoms with E-state index >= 15 is 0 Å². The molecule has 0 aromatic heterocycles. The van der Waals surface area contributed by atoms with Crippen LogP contribution in [0.3, 0.4) is 0 Å². The molecule has 9 heteroatoms. The minimum atomic E-state index is -1.80. The van der Waals surface area contributed by atoms with Crippen LogP contribution in [-0.4, -0.2) is 36.9 Å². The quantitative estimate of drug-likeness (QED) is 0.443. The van der Waals surface area contributed by atoms with E-state index in [4.69, 9.17) is 51.7 Å². The predicted octanol–water partition coefficient (Wildman–Crippen LogP) is 1.44. The lowest BCUT2D eigenvalue weighted by Crippen LogP contribution is -2.32.